The third kappa shape index (κ3) is 65.4. The van der Waals surface area contributed by atoms with Crippen LogP contribution in [0.15, 0.2) is 85.1 Å². The zero-order valence-electron chi connectivity index (χ0n) is 53.1. The summed E-state index contributed by atoms with van der Waals surface area (Å²) in [5.41, 5.74) is 0. The number of esters is 3. The number of rotatable bonds is 63. The van der Waals surface area contributed by atoms with Crippen LogP contribution in [-0.2, 0) is 28.6 Å². The fourth-order valence-electron chi connectivity index (χ4n) is 9.93. The standard InChI is InChI=1S/C74H130O6/c1-4-7-10-13-16-19-22-25-28-30-32-33-34-35-36-37-38-39-40-41-42-44-46-49-52-55-58-61-64-67-73(76)79-70-71(69-78-72(75)66-63-60-57-54-51-48-45-27-24-21-18-15-12-9-6-3)80-74(77)68-65-62-59-56-53-50-47-43-31-29-26-23-20-17-14-11-8-5-2/h9,12,18,20-23,25,27,29-32,45,71H,4-8,10-11,13-17,19,24,26,28,33-44,46-70H2,1-3H3/b12-9-,21-18-,23-20-,25-22-,31-29-,32-30-,45-27-. The highest BCUT2D eigenvalue weighted by Crippen LogP contribution is 2.17. The molecule has 0 radical (unpaired) electrons. The third-order valence-corrected chi connectivity index (χ3v) is 15.1. The molecule has 0 aliphatic rings. The lowest BCUT2D eigenvalue weighted by atomic mass is 10.0. The van der Waals surface area contributed by atoms with Crippen LogP contribution >= 0.6 is 0 Å². The predicted octanol–water partition coefficient (Wildman–Crippen LogP) is 23.8. The van der Waals surface area contributed by atoms with Gasteiger partial charge in [0.15, 0.2) is 6.10 Å². The van der Waals surface area contributed by atoms with Crippen molar-refractivity contribution < 1.29 is 28.6 Å². The second kappa shape index (κ2) is 68.1. The molecule has 0 aliphatic carbocycles. The highest BCUT2D eigenvalue weighted by Gasteiger charge is 2.19. The highest BCUT2D eigenvalue weighted by molar-refractivity contribution is 5.71. The first-order valence-corrected chi connectivity index (χ1v) is 34.6. The van der Waals surface area contributed by atoms with Crippen molar-refractivity contribution in [1.82, 2.24) is 0 Å². The lowest BCUT2D eigenvalue weighted by Crippen LogP contribution is -2.30. The van der Waals surface area contributed by atoms with Gasteiger partial charge < -0.3 is 14.2 Å². The van der Waals surface area contributed by atoms with Crippen molar-refractivity contribution in [2.24, 2.45) is 0 Å². The van der Waals surface area contributed by atoms with Gasteiger partial charge in [0.1, 0.15) is 13.2 Å². The number of hydrogen-bond acceptors (Lipinski definition) is 6. The van der Waals surface area contributed by atoms with Crippen LogP contribution in [-0.4, -0.2) is 37.2 Å². The molecule has 1 atom stereocenters. The molecule has 1 unspecified atom stereocenters. The Bertz CT molecular complexity index is 1520. The molecule has 0 aromatic carbocycles. The van der Waals surface area contributed by atoms with Gasteiger partial charge in [-0.25, -0.2) is 0 Å². The van der Waals surface area contributed by atoms with Crippen LogP contribution in [0.25, 0.3) is 0 Å². The van der Waals surface area contributed by atoms with Gasteiger partial charge in [-0.3, -0.25) is 14.4 Å². The first kappa shape index (κ1) is 76.6. The van der Waals surface area contributed by atoms with Crippen molar-refractivity contribution in [2.75, 3.05) is 13.2 Å². The van der Waals surface area contributed by atoms with E-state index in [1.54, 1.807) is 0 Å². The Balaban J connectivity index is 4.26. The summed E-state index contributed by atoms with van der Waals surface area (Å²) >= 11 is 0. The molecule has 0 aliphatic heterocycles. The topological polar surface area (TPSA) is 78.9 Å². The molecule has 6 nitrogen and oxygen atoms in total. The van der Waals surface area contributed by atoms with Crippen molar-refractivity contribution in [2.45, 2.75) is 354 Å². The van der Waals surface area contributed by atoms with E-state index in [9.17, 15) is 14.4 Å². The molecule has 0 heterocycles. The number of carbonyl (C=O) groups is 3. The monoisotopic (exact) mass is 1110 g/mol. The lowest BCUT2D eigenvalue weighted by Gasteiger charge is -2.18. The molecule has 0 N–H and O–H groups in total. The fourth-order valence-corrected chi connectivity index (χ4v) is 9.93. The van der Waals surface area contributed by atoms with E-state index < -0.39 is 6.10 Å². The first-order chi connectivity index (χ1) is 39.5. The van der Waals surface area contributed by atoms with Crippen LogP contribution in [0, 0.1) is 0 Å². The minimum atomic E-state index is -0.789. The Labute approximate surface area is 496 Å². The van der Waals surface area contributed by atoms with Crippen molar-refractivity contribution in [3.63, 3.8) is 0 Å². The van der Waals surface area contributed by atoms with Gasteiger partial charge in [0.05, 0.1) is 0 Å². The first-order valence-electron chi connectivity index (χ1n) is 34.6. The van der Waals surface area contributed by atoms with Gasteiger partial charge in [0.25, 0.3) is 0 Å². The number of carbonyl (C=O) groups excluding carboxylic acids is 3. The van der Waals surface area contributed by atoms with Gasteiger partial charge in [-0.05, 0) is 116 Å². The van der Waals surface area contributed by atoms with Gasteiger partial charge in [0.2, 0.25) is 0 Å². The molecule has 462 valence electrons. The van der Waals surface area contributed by atoms with E-state index in [-0.39, 0.29) is 31.1 Å². The molecule has 0 aromatic heterocycles. The van der Waals surface area contributed by atoms with E-state index in [2.05, 4.69) is 106 Å². The van der Waals surface area contributed by atoms with Gasteiger partial charge in [-0.1, -0.05) is 298 Å². The zero-order chi connectivity index (χ0) is 57.8. The lowest BCUT2D eigenvalue weighted by molar-refractivity contribution is -0.167. The minimum Gasteiger partial charge on any atom is -0.462 e. The maximum Gasteiger partial charge on any atom is 0.306 e. The number of hydrogen-bond donors (Lipinski definition) is 0. The molecule has 0 rings (SSSR count). The third-order valence-electron chi connectivity index (χ3n) is 15.1. The average Bonchev–Trinajstić information content (AvgIpc) is 3.46. The van der Waals surface area contributed by atoms with E-state index in [0.29, 0.717) is 19.3 Å². The molecule has 0 aromatic rings. The number of unbranched alkanes of at least 4 members (excludes halogenated alkanes) is 38. The quantitative estimate of drug-likeness (QED) is 0.0261. The predicted molar refractivity (Wildman–Crippen MR) is 348 cm³/mol. The van der Waals surface area contributed by atoms with Gasteiger partial charge in [-0.15, -0.1) is 0 Å². The normalized spacial score (nSPS) is 12.6. The molecule has 0 amide bonds. The second-order valence-electron chi connectivity index (χ2n) is 23.1. The second-order valence-corrected chi connectivity index (χ2v) is 23.1. The molecule has 0 fully saturated rings. The van der Waals surface area contributed by atoms with E-state index in [0.717, 1.165) is 116 Å². The maximum absolute atomic E-state index is 12.9. The molecular formula is C74H130O6. The Morgan fingerprint density at radius 3 is 0.775 bits per heavy atom. The fraction of sp³-hybridized carbons (Fsp3) is 0.770. The molecule has 0 saturated heterocycles. The van der Waals surface area contributed by atoms with E-state index in [4.69, 9.17) is 14.2 Å². The van der Waals surface area contributed by atoms with Crippen LogP contribution in [0.3, 0.4) is 0 Å². The van der Waals surface area contributed by atoms with Crippen molar-refractivity contribution in [1.29, 1.82) is 0 Å². The Hall–Kier alpha value is -3.41. The summed E-state index contributed by atoms with van der Waals surface area (Å²) in [7, 11) is 0. The summed E-state index contributed by atoms with van der Waals surface area (Å²) < 4.78 is 17.0. The summed E-state index contributed by atoms with van der Waals surface area (Å²) in [6.07, 6.45) is 90.4. The molecule has 0 saturated carbocycles. The van der Waals surface area contributed by atoms with Crippen LogP contribution in [0.5, 0.6) is 0 Å². The largest absolute Gasteiger partial charge is 0.462 e. The van der Waals surface area contributed by atoms with Gasteiger partial charge in [0, 0.05) is 19.3 Å². The molecule has 6 heteroatoms. The Morgan fingerprint density at radius 1 is 0.263 bits per heavy atom. The SMILES string of the molecule is CC/C=C\C/C=C\C/C=C\CCCCCCCC(=O)OCC(COC(=O)CCCCCCCCCCCCCCCCCCC/C=C\C/C=C\CCCCCCC)OC(=O)CCCCCCCCC/C=C\C/C=C\CCCCCC. The van der Waals surface area contributed by atoms with Crippen LogP contribution in [0.4, 0.5) is 0 Å². The molecule has 0 bridgehead atoms. The summed E-state index contributed by atoms with van der Waals surface area (Å²) in [6, 6.07) is 0. The van der Waals surface area contributed by atoms with E-state index >= 15 is 0 Å². The number of ether oxygens (including phenoxy) is 3. The van der Waals surface area contributed by atoms with Crippen LogP contribution < -0.4 is 0 Å². The highest BCUT2D eigenvalue weighted by atomic mass is 16.6. The summed E-state index contributed by atoms with van der Waals surface area (Å²) in [5, 5.41) is 0. The van der Waals surface area contributed by atoms with Crippen molar-refractivity contribution >= 4 is 17.9 Å². The van der Waals surface area contributed by atoms with Gasteiger partial charge >= 0.3 is 17.9 Å². The van der Waals surface area contributed by atoms with Crippen molar-refractivity contribution in [3.8, 4) is 0 Å². The average molecular weight is 1120 g/mol. The van der Waals surface area contributed by atoms with Gasteiger partial charge in [-0.2, -0.15) is 0 Å². The van der Waals surface area contributed by atoms with Crippen molar-refractivity contribution in [3.05, 3.63) is 85.1 Å². The van der Waals surface area contributed by atoms with Crippen LogP contribution in [0.1, 0.15) is 348 Å². The van der Waals surface area contributed by atoms with E-state index in [1.165, 1.54) is 193 Å². The molecule has 0 spiro atoms. The maximum atomic E-state index is 12.9. The summed E-state index contributed by atoms with van der Waals surface area (Å²) in [6.45, 7) is 6.52. The summed E-state index contributed by atoms with van der Waals surface area (Å²) in [5.74, 6) is -0.893. The molecule has 80 heavy (non-hydrogen) atoms. The minimum absolute atomic E-state index is 0.0831. The molecular weight excluding hydrogens is 985 g/mol. The smallest absolute Gasteiger partial charge is 0.306 e. The zero-order valence-corrected chi connectivity index (χ0v) is 53.1. The Morgan fingerprint density at radius 2 is 0.487 bits per heavy atom. The van der Waals surface area contributed by atoms with Crippen LogP contribution in [0.2, 0.25) is 0 Å². The Kier molecular flexibility index (Phi) is 65.2. The number of allylic oxidation sites excluding steroid dienone is 14. The van der Waals surface area contributed by atoms with E-state index in [1.807, 2.05) is 0 Å². The summed E-state index contributed by atoms with van der Waals surface area (Å²) in [4.78, 5) is 38.4.